The molecule has 0 aliphatic carbocycles. The lowest BCUT2D eigenvalue weighted by atomic mass is 9.93. The third-order valence-electron chi connectivity index (χ3n) is 5.78. The van der Waals surface area contributed by atoms with E-state index in [-0.39, 0.29) is 23.8 Å². The predicted molar refractivity (Wildman–Crippen MR) is 123 cm³/mol. The van der Waals surface area contributed by atoms with Crippen LogP contribution in [0.25, 0.3) is 0 Å². The third-order valence-corrected chi connectivity index (χ3v) is 6.04. The number of likely N-dealkylation sites (tertiary alicyclic amines) is 1. The van der Waals surface area contributed by atoms with Crippen molar-refractivity contribution in [1.29, 1.82) is 0 Å². The summed E-state index contributed by atoms with van der Waals surface area (Å²) in [7, 11) is 0. The van der Waals surface area contributed by atoms with Gasteiger partial charge in [-0.1, -0.05) is 48.9 Å². The average molecular weight is 443 g/mol. The van der Waals surface area contributed by atoms with E-state index in [1.54, 1.807) is 38.1 Å². The second kappa shape index (κ2) is 10.2. The molecule has 1 atom stereocenters. The number of rotatable bonds is 7. The molecule has 1 fully saturated rings. The van der Waals surface area contributed by atoms with Gasteiger partial charge in [0, 0.05) is 24.2 Å². The molecule has 0 radical (unpaired) electrons. The Morgan fingerprint density at radius 2 is 1.71 bits per heavy atom. The van der Waals surface area contributed by atoms with E-state index in [0.29, 0.717) is 23.9 Å². The molecule has 0 aromatic heterocycles. The Balaban J connectivity index is 1.52. The molecule has 5 nitrogen and oxygen atoms in total. The average Bonchev–Trinajstić information content (AvgIpc) is 2.77. The summed E-state index contributed by atoms with van der Waals surface area (Å²) in [5.41, 5.74) is 0.0491. The molecule has 1 heterocycles. The second-order valence-corrected chi connectivity index (χ2v) is 8.95. The maximum Gasteiger partial charge on any atom is 0.263 e. The second-order valence-electron chi connectivity index (χ2n) is 8.51. The lowest BCUT2D eigenvalue weighted by Gasteiger charge is -2.36. The summed E-state index contributed by atoms with van der Waals surface area (Å²) < 4.78 is 5.88. The lowest BCUT2D eigenvalue weighted by Crippen LogP contribution is -2.53. The van der Waals surface area contributed by atoms with Crippen molar-refractivity contribution in [2.75, 3.05) is 13.1 Å². The first-order valence-corrected chi connectivity index (χ1v) is 11.3. The van der Waals surface area contributed by atoms with Gasteiger partial charge in [0.05, 0.1) is 5.92 Å². The molecule has 31 heavy (non-hydrogen) atoms. The zero-order chi connectivity index (χ0) is 22.4. The van der Waals surface area contributed by atoms with Gasteiger partial charge in [0.1, 0.15) is 5.75 Å². The zero-order valence-electron chi connectivity index (χ0n) is 18.4. The van der Waals surface area contributed by atoms with E-state index in [1.165, 1.54) is 0 Å². The highest BCUT2D eigenvalue weighted by atomic mass is 35.5. The van der Waals surface area contributed by atoms with Crippen molar-refractivity contribution >= 4 is 23.4 Å². The fourth-order valence-corrected chi connectivity index (χ4v) is 4.03. The van der Waals surface area contributed by atoms with Gasteiger partial charge in [0.25, 0.3) is 5.91 Å². The topological polar surface area (TPSA) is 58.6 Å². The first kappa shape index (κ1) is 23.1. The van der Waals surface area contributed by atoms with Gasteiger partial charge in [-0.05, 0) is 62.9 Å². The number of carbonyl (C=O) groups excluding carboxylic acids is 2. The van der Waals surface area contributed by atoms with Crippen LogP contribution in [0.2, 0.25) is 5.02 Å². The smallest absolute Gasteiger partial charge is 0.263 e. The van der Waals surface area contributed by atoms with Crippen molar-refractivity contribution in [1.82, 2.24) is 10.2 Å². The molecule has 2 aromatic rings. The molecule has 2 aromatic carbocycles. The number of piperidine rings is 1. The summed E-state index contributed by atoms with van der Waals surface area (Å²) in [6, 6.07) is 16.9. The van der Waals surface area contributed by atoms with Crippen molar-refractivity contribution in [3.8, 4) is 5.75 Å². The van der Waals surface area contributed by atoms with E-state index in [1.807, 2.05) is 42.2 Å². The van der Waals surface area contributed by atoms with E-state index in [9.17, 15) is 9.59 Å². The van der Waals surface area contributed by atoms with E-state index < -0.39 is 5.60 Å². The molecule has 6 heteroatoms. The monoisotopic (exact) mass is 442 g/mol. The molecule has 1 unspecified atom stereocenters. The van der Waals surface area contributed by atoms with Crippen LogP contribution in [-0.4, -0.2) is 41.4 Å². The van der Waals surface area contributed by atoms with Gasteiger partial charge < -0.3 is 15.0 Å². The first-order chi connectivity index (χ1) is 14.8. The Labute approximate surface area is 189 Å². The van der Waals surface area contributed by atoms with Crippen LogP contribution in [0.5, 0.6) is 5.75 Å². The molecule has 2 amide bonds. The molecule has 0 bridgehead atoms. The number of amides is 2. The van der Waals surface area contributed by atoms with Crippen molar-refractivity contribution in [2.45, 2.75) is 57.6 Å². The fraction of sp³-hybridized carbons (Fsp3) is 0.440. The standard InChI is InChI=1S/C25H31ClN2O3/c1-4-22(18-8-6-5-7-9-18)23(29)28-16-14-20(15-17-28)27-24(30)25(2,3)31-21-12-10-19(26)11-13-21/h5-13,20,22H,4,14-17H2,1-3H3,(H,27,30). The number of nitrogens with one attached hydrogen (secondary N) is 1. The normalized spacial score (nSPS) is 15.9. The van der Waals surface area contributed by atoms with Gasteiger partial charge in [0.2, 0.25) is 5.91 Å². The zero-order valence-corrected chi connectivity index (χ0v) is 19.2. The lowest BCUT2D eigenvalue weighted by molar-refractivity contribution is -0.136. The first-order valence-electron chi connectivity index (χ1n) is 10.9. The number of nitrogens with zero attached hydrogens (tertiary/aromatic N) is 1. The number of hydrogen-bond donors (Lipinski definition) is 1. The predicted octanol–water partition coefficient (Wildman–Crippen LogP) is 4.80. The van der Waals surface area contributed by atoms with Gasteiger partial charge in [0.15, 0.2) is 5.60 Å². The van der Waals surface area contributed by atoms with Crippen LogP contribution >= 0.6 is 11.6 Å². The third kappa shape index (κ3) is 6.01. The molecule has 1 aliphatic heterocycles. The quantitative estimate of drug-likeness (QED) is 0.670. The summed E-state index contributed by atoms with van der Waals surface area (Å²) in [5, 5.41) is 3.72. The number of benzene rings is 2. The number of ether oxygens (including phenoxy) is 1. The van der Waals surface area contributed by atoms with Crippen molar-refractivity contribution in [2.24, 2.45) is 0 Å². The molecule has 1 N–H and O–H groups in total. The minimum absolute atomic E-state index is 0.0291. The Morgan fingerprint density at radius 3 is 2.29 bits per heavy atom. The molecule has 1 aliphatic rings. The maximum absolute atomic E-state index is 13.1. The van der Waals surface area contributed by atoms with Crippen molar-refractivity contribution in [3.05, 3.63) is 65.2 Å². The molecule has 0 spiro atoms. The molecule has 1 saturated heterocycles. The summed E-state index contributed by atoms with van der Waals surface area (Å²) in [6.07, 6.45) is 2.25. The SMILES string of the molecule is CCC(C(=O)N1CCC(NC(=O)C(C)(C)Oc2ccc(Cl)cc2)CC1)c1ccccc1. The molecule has 0 saturated carbocycles. The van der Waals surface area contributed by atoms with Crippen LogP contribution in [-0.2, 0) is 9.59 Å². The Bertz CT molecular complexity index is 875. The Morgan fingerprint density at radius 1 is 1.10 bits per heavy atom. The summed E-state index contributed by atoms with van der Waals surface area (Å²) in [6.45, 7) is 6.84. The van der Waals surface area contributed by atoms with E-state index in [2.05, 4.69) is 5.32 Å². The molecular formula is C25H31ClN2O3. The van der Waals surface area contributed by atoms with Gasteiger partial charge in [-0.3, -0.25) is 9.59 Å². The largest absolute Gasteiger partial charge is 0.478 e. The number of hydrogen-bond acceptors (Lipinski definition) is 3. The van der Waals surface area contributed by atoms with Crippen LogP contribution in [0.3, 0.4) is 0 Å². The minimum atomic E-state index is -1.01. The van der Waals surface area contributed by atoms with Crippen LogP contribution in [0.1, 0.15) is 51.5 Å². The maximum atomic E-state index is 13.1. The summed E-state index contributed by atoms with van der Waals surface area (Å²) in [5.74, 6) is 0.489. The van der Waals surface area contributed by atoms with Gasteiger partial charge in [-0.15, -0.1) is 0 Å². The van der Waals surface area contributed by atoms with Crippen molar-refractivity contribution < 1.29 is 14.3 Å². The van der Waals surface area contributed by atoms with Crippen LogP contribution < -0.4 is 10.1 Å². The van der Waals surface area contributed by atoms with E-state index in [4.69, 9.17) is 16.3 Å². The highest BCUT2D eigenvalue weighted by Crippen LogP contribution is 2.25. The highest BCUT2D eigenvalue weighted by molar-refractivity contribution is 6.30. The van der Waals surface area contributed by atoms with E-state index in [0.717, 1.165) is 24.8 Å². The Hall–Kier alpha value is -2.53. The van der Waals surface area contributed by atoms with Gasteiger partial charge in [-0.2, -0.15) is 0 Å². The number of carbonyl (C=O) groups is 2. The van der Waals surface area contributed by atoms with Crippen LogP contribution in [0.15, 0.2) is 54.6 Å². The minimum Gasteiger partial charge on any atom is -0.478 e. The van der Waals surface area contributed by atoms with E-state index >= 15 is 0 Å². The van der Waals surface area contributed by atoms with Crippen molar-refractivity contribution in [3.63, 3.8) is 0 Å². The number of halogens is 1. The fourth-order valence-electron chi connectivity index (χ4n) is 3.91. The van der Waals surface area contributed by atoms with Gasteiger partial charge >= 0.3 is 0 Å². The summed E-state index contributed by atoms with van der Waals surface area (Å²) in [4.78, 5) is 27.8. The Kier molecular flexibility index (Phi) is 7.60. The summed E-state index contributed by atoms with van der Waals surface area (Å²) >= 11 is 5.91. The van der Waals surface area contributed by atoms with Gasteiger partial charge in [-0.25, -0.2) is 0 Å². The molecule has 166 valence electrons. The molecular weight excluding hydrogens is 412 g/mol. The molecule has 3 rings (SSSR count). The van der Waals surface area contributed by atoms with Crippen LogP contribution in [0, 0.1) is 0 Å². The van der Waals surface area contributed by atoms with Crippen LogP contribution in [0.4, 0.5) is 0 Å². The highest BCUT2D eigenvalue weighted by Gasteiger charge is 2.34.